The number of benzene rings is 5. The van der Waals surface area contributed by atoms with Gasteiger partial charge in [-0.25, -0.2) is 4.98 Å². The lowest BCUT2D eigenvalue weighted by molar-refractivity contribution is -0.115. The van der Waals surface area contributed by atoms with Crippen molar-refractivity contribution in [2.75, 3.05) is 10.6 Å². The zero-order chi connectivity index (χ0) is 36.3. The second kappa shape index (κ2) is 17.5. The molecule has 0 saturated heterocycles. The van der Waals surface area contributed by atoms with Crippen molar-refractivity contribution in [3.05, 3.63) is 166 Å². The molecule has 6 aromatic rings. The number of carbonyl (C=O) groups excluding carboxylic acids is 3. The monoisotopic (exact) mass is 744 g/mol. The van der Waals surface area contributed by atoms with Crippen LogP contribution in [0.25, 0.3) is 17.3 Å². The van der Waals surface area contributed by atoms with Gasteiger partial charge >= 0.3 is 0 Å². The third-order valence-electron chi connectivity index (χ3n) is 7.65. The summed E-state index contributed by atoms with van der Waals surface area (Å²) in [5, 5.41) is 11.0. The van der Waals surface area contributed by atoms with E-state index in [4.69, 9.17) is 16.3 Å². The van der Waals surface area contributed by atoms with Crippen molar-refractivity contribution in [3.8, 4) is 17.0 Å². The lowest BCUT2D eigenvalue weighted by Crippen LogP contribution is -2.30. The fraction of sp³-hybridized carbons (Fsp3) is 0.0732. The summed E-state index contributed by atoms with van der Waals surface area (Å²) in [5.74, 6) is -0.430. The maximum atomic E-state index is 13.6. The van der Waals surface area contributed by atoms with Gasteiger partial charge in [0.15, 0.2) is 5.13 Å². The second-order valence-corrected chi connectivity index (χ2v) is 14.1. The molecular weight excluding hydrogens is 712 g/mol. The number of thioether (sulfide) groups is 1. The second-order valence-electron chi connectivity index (χ2n) is 11.5. The molecule has 260 valence electrons. The highest BCUT2D eigenvalue weighted by molar-refractivity contribution is 8.00. The molecule has 6 rings (SSSR count). The van der Waals surface area contributed by atoms with E-state index in [0.717, 1.165) is 16.0 Å². The van der Waals surface area contributed by atoms with Gasteiger partial charge < -0.3 is 20.7 Å². The van der Waals surface area contributed by atoms with E-state index in [9.17, 15) is 14.4 Å². The highest BCUT2D eigenvalue weighted by Crippen LogP contribution is 2.31. The number of hydrogen-bond donors (Lipinski definition) is 3. The summed E-state index contributed by atoms with van der Waals surface area (Å²) >= 11 is 9.01. The maximum Gasteiger partial charge on any atom is 0.272 e. The van der Waals surface area contributed by atoms with Crippen LogP contribution in [0.2, 0.25) is 5.02 Å². The van der Waals surface area contributed by atoms with Crippen LogP contribution < -0.4 is 20.7 Å². The molecule has 11 heteroatoms. The predicted molar refractivity (Wildman–Crippen MR) is 211 cm³/mol. The van der Waals surface area contributed by atoms with E-state index >= 15 is 0 Å². The SMILES string of the molecule is CC(Sc1ccc(NC(=O)/C(=C/c2ccc(OCc3ccccc3)cc2)NC(=O)c2ccccc2)cc1)C(=O)Nc1nc(-c2ccccc2Cl)cs1. The molecule has 52 heavy (non-hydrogen) atoms. The highest BCUT2D eigenvalue weighted by atomic mass is 35.5. The number of carbonyl (C=O) groups is 3. The molecule has 5 aromatic carbocycles. The standard InChI is InChI=1S/C41H33ClN4O4S2/c1-27(38(47)46-41-45-37(26-51-41)34-14-8-9-15-35(34)42)52-33-22-18-31(19-23-33)43-40(49)36(44-39(48)30-12-6-3-7-13-30)24-28-16-20-32(21-17-28)50-25-29-10-4-2-5-11-29/h2-24,26-27H,25H2,1H3,(H,43,49)(H,44,48)(H,45,46,47)/b36-24-. The summed E-state index contributed by atoms with van der Waals surface area (Å²) in [6, 6.07) is 40.4. The van der Waals surface area contributed by atoms with E-state index in [1.165, 1.54) is 23.1 Å². The Morgan fingerprint density at radius 3 is 2.21 bits per heavy atom. The molecule has 0 fully saturated rings. The minimum atomic E-state index is -0.499. The van der Waals surface area contributed by atoms with Gasteiger partial charge in [0.1, 0.15) is 18.1 Å². The smallest absolute Gasteiger partial charge is 0.272 e. The number of rotatable bonds is 13. The Labute approximate surface area is 314 Å². The van der Waals surface area contributed by atoms with Gasteiger partial charge in [0.05, 0.1) is 10.9 Å². The lowest BCUT2D eigenvalue weighted by atomic mass is 10.1. The van der Waals surface area contributed by atoms with E-state index in [1.807, 2.05) is 103 Å². The third kappa shape index (κ3) is 9.97. The van der Waals surface area contributed by atoms with Gasteiger partial charge in [-0.3, -0.25) is 14.4 Å². The number of amides is 3. The highest BCUT2D eigenvalue weighted by Gasteiger charge is 2.18. The molecule has 0 aliphatic rings. The first kappa shape index (κ1) is 36.1. The zero-order valence-corrected chi connectivity index (χ0v) is 30.3. The van der Waals surface area contributed by atoms with Gasteiger partial charge in [-0.2, -0.15) is 0 Å². The Morgan fingerprint density at radius 1 is 0.827 bits per heavy atom. The van der Waals surface area contributed by atoms with Gasteiger partial charge in [0, 0.05) is 32.1 Å². The molecule has 0 radical (unpaired) electrons. The quantitative estimate of drug-likeness (QED) is 0.0803. The molecule has 3 N–H and O–H groups in total. The molecule has 1 heterocycles. The van der Waals surface area contributed by atoms with Gasteiger partial charge in [0.25, 0.3) is 11.8 Å². The van der Waals surface area contributed by atoms with Crippen molar-refractivity contribution in [3.63, 3.8) is 0 Å². The molecular formula is C41H33ClN4O4S2. The Balaban J connectivity index is 1.08. The Morgan fingerprint density at radius 2 is 1.50 bits per heavy atom. The number of nitrogens with zero attached hydrogens (tertiary/aromatic N) is 1. The van der Waals surface area contributed by atoms with Crippen LogP contribution in [0, 0.1) is 0 Å². The molecule has 0 spiro atoms. The Hall–Kier alpha value is -5.68. The van der Waals surface area contributed by atoms with Crippen molar-refractivity contribution >= 4 is 69.3 Å². The summed E-state index contributed by atoms with van der Waals surface area (Å²) in [5.41, 5.74) is 4.25. The zero-order valence-electron chi connectivity index (χ0n) is 27.9. The number of hydrogen-bond acceptors (Lipinski definition) is 7. The average Bonchev–Trinajstić information content (AvgIpc) is 3.64. The normalized spacial score (nSPS) is 11.7. The van der Waals surface area contributed by atoms with Crippen LogP contribution in [0.15, 0.2) is 149 Å². The predicted octanol–water partition coefficient (Wildman–Crippen LogP) is 9.57. The van der Waals surface area contributed by atoms with Crippen molar-refractivity contribution in [1.82, 2.24) is 10.3 Å². The van der Waals surface area contributed by atoms with Crippen LogP contribution in [0.5, 0.6) is 5.75 Å². The van der Waals surface area contributed by atoms with E-state index in [0.29, 0.717) is 45.0 Å². The molecule has 3 amide bonds. The van der Waals surface area contributed by atoms with Gasteiger partial charge in [-0.1, -0.05) is 90.5 Å². The molecule has 1 atom stereocenters. The van der Waals surface area contributed by atoms with Gasteiger partial charge in [0.2, 0.25) is 5.91 Å². The molecule has 0 aliphatic carbocycles. The van der Waals surface area contributed by atoms with Crippen molar-refractivity contribution in [2.24, 2.45) is 0 Å². The number of halogens is 1. The number of anilines is 2. The fourth-order valence-corrected chi connectivity index (χ4v) is 6.73. The summed E-state index contributed by atoms with van der Waals surface area (Å²) in [4.78, 5) is 45.0. The molecule has 1 unspecified atom stereocenters. The first-order valence-electron chi connectivity index (χ1n) is 16.2. The minimum absolute atomic E-state index is 0.0652. The molecule has 0 saturated carbocycles. The van der Waals surface area contributed by atoms with Crippen molar-refractivity contribution in [1.29, 1.82) is 0 Å². The van der Waals surface area contributed by atoms with E-state index in [1.54, 1.807) is 48.5 Å². The van der Waals surface area contributed by atoms with Gasteiger partial charge in [-0.15, -0.1) is 23.1 Å². The largest absolute Gasteiger partial charge is 0.489 e. The topological polar surface area (TPSA) is 109 Å². The summed E-state index contributed by atoms with van der Waals surface area (Å²) in [6.07, 6.45) is 1.61. The van der Waals surface area contributed by atoms with Crippen molar-refractivity contribution in [2.45, 2.75) is 23.7 Å². The minimum Gasteiger partial charge on any atom is -0.489 e. The van der Waals surface area contributed by atoms with E-state index < -0.39 is 17.1 Å². The van der Waals surface area contributed by atoms with E-state index in [2.05, 4.69) is 20.9 Å². The van der Waals surface area contributed by atoms with E-state index in [-0.39, 0.29) is 11.6 Å². The van der Waals surface area contributed by atoms with Crippen LogP contribution in [0.3, 0.4) is 0 Å². The van der Waals surface area contributed by atoms with Crippen LogP contribution in [0.1, 0.15) is 28.4 Å². The van der Waals surface area contributed by atoms with Crippen LogP contribution >= 0.6 is 34.7 Å². The Kier molecular flexibility index (Phi) is 12.2. The fourth-order valence-electron chi connectivity index (χ4n) is 4.91. The number of aromatic nitrogens is 1. The molecule has 0 aliphatic heterocycles. The van der Waals surface area contributed by atoms with Crippen LogP contribution in [-0.4, -0.2) is 28.0 Å². The van der Waals surface area contributed by atoms with Gasteiger partial charge in [-0.05, 0) is 78.7 Å². The molecule has 0 bridgehead atoms. The first-order valence-corrected chi connectivity index (χ1v) is 18.4. The maximum absolute atomic E-state index is 13.6. The number of nitrogens with one attached hydrogen (secondary N) is 3. The summed E-state index contributed by atoms with van der Waals surface area (Å²) in [7, 11) is 0. The lowest BCUT2D eigenvalue weighted by Gasteiger charge is -2.13. The molecule has 1 aromatic heterocycles. The van der Waals surface area contributed by atoms with Crippen LogP contribution in [-0.2, 0) is 16.2 Å². The van der Waals surface area contributed by atoms with Crippen LogP contribution in [0.4, 0.5) is 10.8 Å². The van der Waals surface area contributed by atoms with Crippen molar-refractivity contribution < 1.29 is 19.1 Å². The molecule has 8 nitrogen and oxygen atoms in total. The number of thiazole rings is 1. The third-order valence-corrected chi connectivity index (χ3v) is 9.85. The summed E-state index contributed by atoms with van der Waals surface area (Å²) < 4.78 is 5.89. The Bertz CT molecular complexity index is 2170. The first-order chi connectivity index (χ1) is 25.3. The average molecular weight is 745 g/mol. The number of ether oxygens (including phenoxy) is 1. The summed E-state index contributed by atoms with van der Waals surface area (Å²) in [6.45, 7) is 2.24.